The Bertz CT molecular complexity index is 680. The fourth-order valence-electron chi connectivity index (χ4n) is 2.97. The van der Waals surface area contributed by atoms with Crippen molar-refractivity contribution in [2.45, 2.75) is 31.6 Å². The highest BCUT2D eigenvalue weighted by atomic mass is 32.1. The Morgan fingerprint density at radius 2 is 2.35 bits per heavy atom. The summed E-state index contributed by atoms with van der Waals surface area (Å²) >= 11 is 1.66. The Labute approximate surface area is 138 Å². The minimum absolute atomic E-state index is 0.189. The molecule has 122 valence electrons. The van der Waals surface area contributed by atoms with Crippen molar-refractivity contribution in [3.63, 3.8) is 0 Å². The standard InChI is InChI=1S/C16H20N4O2S/c17-16(22)14-8-13(18-19-14)12-2-1-6-20(9-12)15(21)4-3-11-5-7-23-10-11/h5,7-8,10,12H,1-4,6,9H2,(H2,17,22)(H,18,19)/t12-/m0/s1. The highest BCUT2D eigenvalue weighted by Crippen LogP contribution is 2.26. The molecule has 2 amide bonds. The summed E-state index contributed by atoms with van der Waals surface area (Å²) in [6.07, 6.45) is 3.27. The minimum Gasteiger partial charge on any atom is -0.364 e. The second-order valence-electron chi connectivity index (χ2n) is 5.88. The number of aromatic amines is 1. The van der Waals surface area contributed by atoms with Crippen LogP contribution >= 0.6 is 11.3 Å². The fourth-order valence-corrected chi connectivity index (χ4v) is 3.68. The van der Waals surface area contributed by atoms with Crippen molar-refractivity contribution in [2.24, 2.45) is 5.73 Å². The molecule has 0 aromatic carbocycles. The van der Waals surface area contributed by atoms with Crippen LogP contribution in [0, 0.1) is 0 Å². The van der Waals surface area contributed by atoms with Crippen LogP contribution in [0.3, 0.4) is 0 Å². The zero-order valence-electron chi connectivity index (χ0n) is 12.8. The van der Waals surface area contributed by atoms with E-state index < -0.39 is 5.91 Å². The summed E-state index contributed by atoms with van der Waals surface area (Å²) in [6.45, 7) is 1.47. The molecule has 3 N–H and O–H groups in total. The number of aryl methyl sites for hydroxylation is 1. The van der Waals surface area contributed by atoms with Gasteiger partial charge in [0.2, 0.25) is 5.91 Å². The number of aromatic nitrogens is 2. The number of amides is 2. The number of hydrogen-bond donors (Lipinski definition) is 2. The smallest absolute Gasteiger partial charge is 0.269 e. The van der Waals surface area contributed by atoms with Crippen molar-refractivity contribution in [3.8, 4) is 0 Å². The van der Waals surface area contributed by atoms with Gasteiger partial charge in [-0.2, -0.15) is 16.4 Å². The molecule has 0 bridgehead atoms. The molecule has 23 heavy (non-hydrogen) atoms. The number of carbonyl (C=O) groups is 2. The summed E-state index contributed by atoms with van der Waals surface area (Å²) < 4.78 is 0. The molecule has 0 unspecified atom stereocenters. The molecule has 2 aromatic heterocycles. The van der Waals surface area contributed by atoms with E-state index in [-0.39, 0.29) is 17.5 Å². The average molecular weight is 332 g/mol. The summed E-state index contributed by atoms with van der Waals surface area (Å²) in [5.74, 6) is -0.156. The van der Waals surface area contributed by atoms with Crippen LogP contribution in [0.4, 0.5) is 0 Å². The van der Waals surface area contributed by atoms with Crippen LogP contribution in [0.2, 0.25) is 0 Å². The number of primary amides is 1. The third-order valence-corrected chi connectivity index (χ3v) is 5.00. The zero-order chi connectivity index (χ0) is 16.2. The molecular formula is C16H20N4O2S. The Morgan fingerprint density at radius 3 is 3.04 bits per heavy atom. The summed E-state index contributed by atoms with van der Waals surface area (Å²) in [7, 11) is 0. The van der Waals surface area contributed by atoms with Crippen LogP contribution in [0.15, 0.2) is 22.9 Å². The molecule has 1 saturated heterocycles. The van der Waals surface area contributed by atoms with Crippen molar-refractivity contribution in [1.29, 1.82) is 0 Å². The van der Waals surface area contributed by atoms with Gasteiger partial charge in [-0.05, 0) is 47.7 Å². The van der Waals surface area contributed by atoms with E-state index in [0.717, 1.165) is 31.5 Å². The molecule has 1 aliphatic rings. The first-order valence-corrected chi connectivity index (χ1v) is 8.71. The number of likely N-dealkylation sites (tertiary alicyclic amines) is 1. The first-order valence-electron chi connectivity index (χ1n) is 7.77. The molecular weight excluding hydrogens is 312 g/mol. The number of hydrogen-bond acceptors (Lipinski definition) is 4. The van der Waals surface area contributed by atoms with Gasteiger partial charge in [-0.25, -0.2) is 0 Å². The molecule has 3 rings (SSSR count). The van der Waals surface area contributed by atoms with Crippen LogP contribution in [0.1, 0.15) is 46.9 Å². The number of piperidine rings is 1. The van der Waals surface area contributed by atoms with E-state index in [2.05, 4.69) is 21.6 Å². The maximum absolute atomic E-state index is 12.4. The topological polar surface area (TPSA) is 92.1 Å². The number of nitrogens with two attached hydrogens (primary N) is 1. The summed E-state index contributed by atoms with van der Waals surface area (Å²) in [5.41, 5.74) is 7.59. The predicted octanol–water partition coefficient (Wildman–Crippen LogP) is 1.91. The lowest BCUT2D eigenvalue weighted by Crippen LogP contribution is -2.39. The van der Waals surface area contributed by atoms with E-state index >= 15 is 0 Å². The summed E-state index contributed by atoms with van der Waals surface area (Å²) in [6, 6.07) is 3.76. The van der Waals surface area contributed by atoms with E-state index in [1.54, 1.807) is 17.4 Å². The van der Waals surface area contributed by atoms with Gasteiger partial charge in [0.1, 0.15) is 5.69 Å². The van der Waals surface area contributed by atoms with Crippen molar-refractivity contribution in [3.05, 3.63) is 39.8 Å². The van der Waals surface area contributed by atoms with Crippen LogP contribution in [0.5, 0.6) is 0 Å². The van der Waals surface area contributed by atoms with Crippen molar-refractivity contribution in [2.75, 3.05) is 13.1 Å². The van der Waals surface area contributed by atoms with Gasteiger partial charge >= 0.3 is 0 Å². The Hall–Kier alpha value is -2.15. The summed E-state index contributed by atoms with van der Waals surface area (Å²) in [4.78, 5) is 25.5. The summed E-state index contributed by atoms with van der Waals surface area (Å²) in [5, 5.41) is 10.9. The predicted molar refractivity (Wildman–Crippen MR) is 88.3 cm³/mol. The molecule has 6 nitrogen and oxygen atoms in total. The quantitative estimate of drug-likeness (QED) is 0.876. The Morgan fingerprint density at radius 1 is 1.48 bits per heavy atom. The van der Waals surface area contributed by atoms with E-state index in [1.165, 1.54) is 5.56 Å². The largest absolute Gasteiger partial charge is 0.364 e. The van der Waals surface area contributed by atoms with Crippen LogP contribution in [0.25, 0.3) is 0 Å². The van der Waals surface area contributed by atoms with Crippen molar-refractivity contribution in [1.82, 2.24) is 15.1 Å². The number of nitrogens with zero attached hydrogens (tertiary/aromatic N) is 2. The highest BCUT2D eigenvalue weighted by molar-refractivity contribution is 7.07. The van der Waals surface area contributed by atoms with E-state index in [4.69, 9.17) is 5.73 Å². The van der Waals surface area contributed by atoms with E-state index in [9.17, 15) is 9.59 Å². The van der Waals surface area contributed by atoms with Gasteiger partial charge in [-0.1, -0.05) is 0 Å². The average Bonchev–Trinajstić information content (AvgIpc) is 3.24. The molecule has 0 saturated carbocycles. The monoisotopic (exact) mass is 332 g/mol. The fraction of sp³-hybridized carbons (Fsp3) is 0.438. The van der Waals surface area contributed by atoms with Crippen LogP contribution in [-0.4, -0.2) is 40.0 Å². The zero-order valence-corrected chi connectivity index (χ0v) is 13.6. The lowest BCUT2D eigenvalue weighted by Gasteiger charge is -2.32. The van der Waals surface area contributed by atoms with Gasteiger partial charge in [-0.3, -0.25) is 14.7 Å². The lowest BCUT2D eigenvalue weighted by atomic mass is 9.94. The SMILES string of the molecule is NC(=O)c1cc([C@H]2CCCN(C(=O)CCc3ccsc3)C2)[nH]n1. The van der Waals surface area contributed by atoms with Crippen molar-refractivity contribution >= 4 is 23.2 Å². The Kier molecular flexibility index (Phi) is 4.76. The van der Waals surface area contributed by atoms with Gasteiger partial charge in [0.05, 0.1) is 0 Å². The number of thiophene rings is 1. The normalized spacial score (nSPS) is 18.1. The van der Waals surface area contributed by atoms with Gasteiger partial charge in [-0.15, -0.1) is 0 Å². The van der Waals surface area contributed by atoms with Crippen molar-refractivity contribution < 1.29 is 9.59 Å². The lowest BCUT2D eigenvalue weighted by molar-refractivity contribution is -0.132. The molecule has 0 aliphatic carbocycles. The molecule has 7 heteroatoms. The third-order valence-electron chi connectivity index (χ3n) is 4.27. The second kappa shape index (κ2) is 6.95. The van der Waals surface area contributed by atoms with E-state index in [0.29, 0.717) is 13.0 Å². The molecule has 1 aliphatic heterocycles. The number of carbonyl (C=O) groups excluding carboxylic acids is 2. The maximum atomic E-state index is 12.4. The van der Waals surface area contributed by atoms with Gasteiger partial charge < -0.3 is 10.6 Å². The van der Waals surface area contributed by atoms with E-state index in [1.807, 2.05) is 10.3 Å². The second-order valence-corrected chi connectivity index (χ2v) is 6.66. The molecule has 0 radical (unpaired) electrons. The van der Waals surface area contributed by atoms with Gasteiger partial charge in [0.15, 0.2) is 0 Å². The van der Waals surface area contributed by atoms with Crippen LogP contribution in [-0.2, 0) is 11.2 Å². The molecule has 1 atom stereocenters. The first kappa shape index (κ1) is 15.7. The third kappa shape index (κ3) is 3.79. The minimum atomic E-state index is -0.535. The number of H-pyrrole nitrogens is 1. The molecule has 3 heterocycles. The van der Waals surface area contributed by atoms with Crippen LogP contribution < -0.4 is 5.73 Å². The van der Waals surface area contributed by atoms with Gasteiger partial charge in [0, 0.05) is 31.1 Å². The highest BCUT2D eigenvalue weighted by Gasteiger charge is 2.26. The maximum Gasteiger partial charge on any atom is 0.269 e. The first-order chi connectivity index (χ1) is 11.1. The Balaban J connectivity index is 1.58. The van der Waals surface area contributed by atoms with Gasteiger partial charge in [0.25, 0.3) is 5.91 Å². The number of rotatable bonds is 5. The number of nitrogens with one attached hydrogen (secondary N) is 1. The molecule has 2 aromatic rings. The molecule has 0 spiro atoms. The molecule has 1 fully saturated rings.